The maximum Gasteiger partial charge on any atom is 0.303 e. The van der Waals surface area contributed by atoms with E-state index in [0.29, 0.717) is 24.8 Å². The van der Waals surface area contributed by atoms with Gasteiger partial charge in [-0.1, -0.05) is 19.8 Å². The van der Waals surface area contributed by atoms with Gasteiger partial charge in [-0.2, -0.15) is 0 Å². The van der Waals surface area contributed by atoms with Gasteiger partial charge in [-0.25, -0.2) is 0 Å². The number of aliphatic carboxylic acids is 1. The molecule has 126 valence electrons. The van der Waals surface area contributed by atoms with Gasteiger partial charge in [0.25, 0.3) is 0 Å². The van der Waals surface area contributed by atoms with E-state index < -0.39 is 5.97 Å². The van der Waals surface area contributed by atoms with Crippen LogP contribution in [0.5, 0.6) is 0 Å². The van der Waals surface area contributed by atoms with Gasteiger partial charge in [-0.05, 0) is 43.9 Å². The molecule has 1 aliphatic carbocycles. The summed E-state index contributed by atoms with van der Waals surface area (Å²) in [4.78, 5) is 24.8. The molecule has 0 bridgehead atoms. The number of rotatable bonds is 6. The lowest BCUT2D eigenvalue weighted by atomic mass is 9.88. The lowest BCUT2D eigenvalue weighted by molar-refractivity contribution is -0.142. The molecule has 1 amide bonds. The van der Waals surface area contributed by atoms with Gasteiger partial charge in [0, 0.05) is 19.5 Å². The highest BCUT2D eigenvalue weighted by Gasteiger charge is 2.26. The maximum absolute atomic E-state index is 12.3. The number of ether oxygens (including phenoxy) is 1. The Kier molecular flexibility index (Phi) is 6.68. The molecule has 2 aliphatic rings. The number of piperidine rings is 1. The van der Waals surface area contributed by atoms with E-state index in [-0.39, 0.29) is 25.0 Å². The third-order valence-corrected chi connectivity index (χ3v) is 5.09. The highest BCUT2D eigenvalue weighted by molar-refractivity contribution is 5.77. The fourth-order valence-electron chi connectivity index (χ4n) is 3.65. The summed E-state index contributed by atoms with van der Waals surface area (Å²) in [5, 5.41) is 8.77. The van der Waals surface area contributed by atoms with Crippen molar-refractivity contribution in [2.75, 3.05) is 19.7 Å². The summed E-state index contributed by atoms with van der Waals surface area (Å²) >= 11 is 0. The quantitative estimate of drug-likeness (QED) is 0.819. The van der Waals surface area contributed by atoms with Gasteiger partial charge in [0.15, 0.2) is 0 Å². The fourth-order valence-corrected chi connectivity index (χ4v) is 3.65. The first-order chi connectivity index (χ1) is 10.6. The Hall–Kier alpha value is -1.10. The zero-order valence-electron chi connectivity index (χ0n) is 13.6. The zero-order valence-corrected chi connectivity index (χ0v) is 13.6. The van der Waals surface area contributed by atoms with Crippen LogP contribution < -0.4 is 0 Å². The predicted octanol–water partition coefficient (Wildman–Crippen LogP) is 2.69. The maximum atomic E-state index is 12.3. The van der Waals surface area contributed by atoms with Gasteiger partial charge in [-0.3, -0.25) is 9.59 Å². The van der Waals surface area contributed by atoms with Crippen LogP contribution in [0.3, 0.4) is 0 Å². The van der Waals surface area contributed by atoms with E-state index in [1.165, 1.54) is 19.3 Å². The van der Waals surface area contributed by atoms with Crippen molar-refractivity contribution in [1.82, 2.24) is 4.90 Å². The summed E-state index contributed by atoms with van der Waals surface area (Å²) in [7, 11) is 0. The SMILES string of the molecule is C[C@@H]1CCCC[C@H]1OCC(=O)N1CCC[C@H](CCC(=O)O)C1. The summed E-state index contributed by atoms with van der Waals surface area (Å²) in [5.74, 6) is 0.185. The van der Waals surface area contributed by atoms with Gasteiger partial charge < -0.3 is 14.7 Å². The van der Waals surface area contributed by atoms with E-state index in [1.807, 2.05) is 4.90 Å². The molecule has 1 aliphatic heterocycles. The van der Waals surface area contributed by atoms with E-state index >= 15 is 0 Å². The Balaban J connectivity index is 1.73. The number of carbonyl (C=O) groups is 2. The molecule has 5 heteroatoms. The zero-order chi connectivity index (χ0) is 15.9. The highest BCUT2D eigenvalue weighted by atomic mass is 16.5. The second kappa shape index (κ2) is 8.51. The first kappa shape index (κ1) is 17.3. The summed E-state index contributed by atoms with van der Waals surface area (Å²) < 4.78 is 5.86. The summed E-state index contributed by atoms with van der Waals surface area (Å²) in [6.07, 6.45) is 7.81. The van der Waals surface area contributed by atoms with Crippen LogP contribution in [0.15, 0.2) is 0 Å². The van der Waals surface area contributed by atoms with Crippen LogP contribution in [0.1, 0.15) is 58.3 Å². The monoisotopic (exact) mass is 311 g/mol. The van der Waals surface area contributed by atoms with Crippen molar-refractivity contribution in [2.24, 2.45) is 11.8 Å². The number of carboxylic acids is 1. The average molecular weight is 311 g/mol. The van der Waals surface area contributed by atoms with Gasteiger partial charge in [0.2, 0.25) is 5.91 Å². The predicted molar refractivity (Wildman–Crippen MR) is 83.5 cm³/mol. The third kappa shape index (κ3) is 5.27. The van der Waals surface area contributed by atoms with Gasteiger partial charge in [0.1, 0.15) is 6.61 Å². The Morgan fingerprint density at radius 3 is 2.68 bits per heavy atom. The number of carbonyl (C=O) groups excluding carboxylic acids is 1. The topological polar surface area (TPSA) is 66.8 Å². The number of hydrogen-bond donors (Lipinski definition) is 1. The van der Waals surface area contributed by atoms with Gasteiger partial charge in [0.05, 0.1) is 6.10 Å². The molecule has 5 nitrogen and oxygen atoms in total. The molecule has 0 aromatic heterocycles. The Morgan fingerprint density at radius 1 is 1.18 bits per heavy atom. The number of hydrogen-bond acceptors (Lipinski definition) is 3. The average Bonchev–Trinajstić information content (AvgIpc) is 2.52. The lowest BCUT2D eigenvalue weighted by Gasteiger charge is -2.34. The summed E-state index contributed by atoms with van der Waals surface area (Å²) in [5.41, 5.74) is 0. The molecule has 0 radical (unpaired) electrons. The second-order valence-electron chi connectivity index (χ2n) is 6.89. The van der Waals surface area contributed by atoms with Crippen LogP contribution in [0.2, 0.25) is 0 Å². The highest BCUT2D eigenvalue weighted by Crippen LogP contribution is 2.26. The van der Waals surface area contributed by atoms with Crippen molar-refractivity contribution < 1.29 is 19.4 Å². The van der Waals surface area contributed by atoms with Gasteiger partial charge in [-0.15, -0.1) is 0 Å². The number of nitrogens with zero attached hydrogens (tertiary/aromatic N) is 1. The number of carboxylic acid groups (broad SMARTS) is 1. The van der Waals surface area contributed by atoms with Gasteiger partial charge >= 0.3 is 5.97 Å². The summed E-state index contributed by atoms with van der Waals surface area (Å²) in [6.45, 7) is 3.86. The van der Waals surface area contributed by atoms with Crippen LogP contribution in [0.25, 0.3) is 0 Å². The second-order valence-corrected chi connectivity index (χ2v) is 6.89. The van der Waals surface area contributed by atoms with Crippen molar-refractivity contribution in [1.29, 1.82) is 0 Å². The first-order valence-corrected chi connectivity index (χ1v) is 8.67. The van der Waals surface area contributed by atoms with Crippen LogP contribution >= 0.6 is 0 Å². The molecule has 1 saturated carbocycles. The van der Waals surface area contributed by atoms with Crippen molar-refractivity contribution in [2.45, 2.75) is 64.4 Å². The largest absolute Gasteiger partial charge is 0.481 e. The summed E-state index contributed by atoms with van der Waals surface area (Å²) in [6, 6.07) is 0. The molecule has 2 rings (SSSR count). The van der Waals surface area contributed by atoms with Crippen LogP contribution in [0, 0.1) is 11.8 Å². The van der Waals surface area contributed by atoms with E-state index in [9.17, 15) is 9.59 Å². The van der Waals surface area contributed by atoms with Crippen LogP contribution in [0.4, 0.5) is 0 Å². The number of amides is 1. The minimum atomic E-state index is -0.752. The molecule has 2 fully saturated rings. The van der Waals surface area contributed by atoms with E-state index in [0.717, 1.165) is 25.8 Å². The van der Waals surface area contributed by atoms with Crippen LogP contribution in [-0.4, -0.2) is 47.7 Å². The molecule has 22 heavy (non-hydrogen) atoms. The molecule has 0 aromatic rings. The van der Waals surface area contributed by atoms with E-state index in [2.05, 4.69) is 6.92 Å². The minimum Gasteiger partial charge on any atom is -0.481 e. The molecule has 1 heterocycles. The van der Waals surface area contributed by atoms with Crippen molar-refractivity contribution >= 4 is 11.9 Å². The van der Waals surface area contributed by atoms with E-state index in [4.69, 9.17) is 9.84 Å². The Bertz CT molecular complexity index is 385. The molecule has 1 N–H and O–H groups in total. The lowest BCUT2D eigenvalue weighted by Crippen LogP contribution is -2.42. The standard InChI is InChI=1S/C17H29NO4/c1-13-5-2-3-7-15(13)22-12-16(19)18-10-4-6-14(11-18)8-9-17(20)21/h13-15H,2-12H2,1H3,(H,20,21)/t13-,14-,15-/m1/s1. The molecule has 0 unspecified atom stereocenters. The Labute approximate surface area is 133 Å². The molecule has 0 aromatic carbocycles. The molecule has 1 saturated heterocycles. The third-order valence-electron chi connectivity index (χ3n) is 5.09. The fraction of sp³-hybridized carbons (Fsp3) is 0.882. The van der Waals surface area contributed by atoms with Crippen molar-refractivity contribution in [3.8, 4) is 0 Å². The first-order valence-electron chi connectivity index (χ1n) is 8.67. The van der Waals surface area contributed by atoms with Crippen molar-refractivity contribution in [3.05, 3.63) is 0 Å². The smallest absolute Gasteiger partial charge is 0.303 e. The number of likely N-dealkylation sites (tertiary alicyclic amines) is 1. The molecular formula is C17H29NO4. The molecule has 3 atom stereocenters. The molecule has 0 spiro atoms. The van der Waals surface area contributed by atoms with Crippen molar-refractivity contribution in [3.63, 3.8) is 0 Å². The van der Waals surface area contributed by atoms with E-state index in [1.54, 1.807) is 0 Å². The molecular weight excluding hydrogens is 282 g/mol. The van der Waals surface area contributed by atoms with Crippen LogP contribution in [-0.2, 0) is 14.3 Å². The Morgan fingerprint density at radius 2 is 1.95 bits per heavy atom. The minimum absolute atomic E-state index is 0.0674. The normalized spacial score (nSPS) is 29.3.